The Hall–Kier alpha value is -1.60. The first kappa shape index (κ1) is 14.3. The topological polar surface area (TPSA) is 85.9 Å². The van der Waals surface area contributed by atoms with Gasteiger partial charge in [0.15, 0.2) is 9.84 Å². The van der Waals surface area contributed by atoms with E-state index in [4.69, 9.17) is 5.73 Å². The number of rotatable bonds is 4. The van der Waals surface area contributed by atoms with Crippen LogP contribution in [0.4, 0.5) is 5.82 Å². The van der Waals surface area contributed by atoms with Gasteiger partial charge in [-0.05, 0) is 37.1 Å². The number of nitrogens with zero attached hydrogens (tertiary/aromatic N) is 2. The van der Waals surface area contributed by atoms with Gasteiger partial charge in [0.1, 0.15) is 16.7 Å². The number of nitrogens with two attached hydrogens (primary N) is 1. The molecule has 1 heterocycles. The van der Waals surface area contributed by atoms with Crippen LogP contribution in [-0.2, 0) is 9.84 Å². The van der Waals surface area contributed by atoms with Gasteiger partial charge in [-0.2, -0.15) is 0 Å². The fourth-order valence-corrected chi connectivity index (χ4v) is 3.38. The molecule has 2 N–H and O–H groups in total. The van der Waals surface area contributed by atoms with Crippen LogP contribution in [0.5, 0.6) is 0 Å². The van der Waals surface area contributed by atoms with Crippen molar-refractivity contribution in [3.8, 4) is 0 Å². The summed E-state index contributed by atoms with van der Waals surface area (Å²) in [5.74, 6) is 1.73. The second-order valence-electron chi connectivity index (χ2n) is 5.11. The van der Waals surface area contributed by atoms with E-state index in [2.05, 4.69) is 9.97 Å². The van der Waals surface area contributed by atoms with Crippen LogP contribution in [0.3, 0.4) is 0 Å². The van der Waals surface area contributed by atoms with Crippen LogP contribution in [0, 0.1) is 0 Å². The van der Waals surface area contributed by atoms with E-state index in [0.717, 1.165) is 28.6 Å². The Bertz CT molecular complexity index is 769. The molecule has 1 aliphatic carbocycles. The van der Waals surface area contributed by atoms with E-state index in [9.17, 15) is 8.42 Å². The molecule has 21 heavy (non-hydrogen) atoms. The van der Waals surface area contributed by atoms with E-state index in [1.54, 1.807) is 30.3 Å². The molecule has 7 heteroatoms. The average molecular weight is 321 g/mol. The maximum atomic E-state index is 11.4. The molecule has 1 aromatic heterocycles. The van der Waals surface area contributed by atoms with Gasteiger partial charge < -0.3 is 5.73 Å². The number of hydrogen-bond donors (Lipinski definition) is 1. The van der Waals surface area contributed by atoms with E-state index in [1.165, 1.54) is 18.0 Å². The summed E-state index contributed by atoms with van der Waals surface area (Å²) in [4.78, 5) is 10.0. The van der Waals surface area contributed by atoms with E-state index in [-0.39, 0.29) is 0 Å². The maximum Gasteiger partial charge on any atom is 0.175 e. The lowest BCUT2D eigenvalue weighted by Crippen LogP contribution is -1.99. The number of nitrogen functional groups attached to an aromatic ring is 1. The summed E-state index contributed by atoms with van der Waals surface area (Å²) in [6.07, 6.45) is 3.44. The summed E-state index contributed by atoms with van der Waals surface area (Å²) in [6, 6.07) is 8.49. The maximum absolute atomic E-state index is 11.4. The van der Waals surface area contributed by atoms with Gasteiger partial charge in [-0.15, -0.1) is 0 Å². The molecule has 0 amide bonds. The molecule has 1 fully saturated rings. The van der Waals surface area contributed by atoms with Crippen LogP contribution < -0.4 is 5.73 Å². The predicted molar refractivity (Wildman–Crippen MR) is 82.1 cm³/mol. The van der Waals surface area contributed by atoms with Gasteiger partial charge in [0, 0.05) is 23.1 Å². The number of aromatic nitrogens is 2. The molecule has 3 rings (SSSR count). The average Bonchev–Trinajstić information content (AvgIpc) is 3.21. The second-order valence-corrected chi connectivity index (χ2v) is 8.22. The third kappa shape index (κ3) is 3.54. The number of anilines is 1. The summed E-state index contributed by atoms with van der Waals surface area (Å²) in [7, 11) is -3.16. The summed E-state index contributed by atoms with van der Waals surface area (Å²) in [5, 5.41) is 0.788. The van der Waals surface area contributed by atoms with Crippen LogP contribution in [0.15, 0.2) is 45.1 Å². The van der Waals surface area contributed by atoms with Crippen molar-refractivity contribution in [1.82, 2.24) is 9.97 Å². The highest BCUT2D eigenvalue weighted by Gasteiger charge is 2.27. The zero-order valence-electron chi connectivity index (χ0n) is 11.5. The van der Waals surface area contributed by atoms with Crippen LogP contribution in [-0.4, -0.2) is 24.6 Å². The Morgan fingerprint density at radius 1 is 1.19 bits per heavy atom. The minimum absolute atomic E-state index is 0.313. The second kappa shape index (κ2) is 5.31. The first-order chi connectivity index (χ1) is 9.91. The zero-order valence-corrected chi connectivity index (χ0v) is 13.1. The van der Waals surface area contributed by atoms with Crippen molar-refractivity contribution < 1.29 is 8.42 Å². The molecule has 1 aliphatic rings. The molecular weight excluding hydrogens is 306 g/mol. The smallest absolute Gasteiger partial charge is 0.175 e. The summed E-state index contributed by atoms with van der Waals surface area (Å²) in [5.41, 5.74) is 5.82. The van der Waals surface area contributed by atoms with Crippen LogP contribution in [0.25, 0.3) is 0 Å². The van der Waals surface area contributed by atoms with Crippen molar-refractivity contribution >= 4 is 27.4 Å². The predicted octanol–water partition coefficient (Wildman–Crippen LogP) is 2.49. The highest BCUT2D eigenvalue weighted by atomic mass is 32.2. The third-order valence-corrected chi connectivity index (χ3v) is 5.21. The standard InChI is InChI=1S/C14H15N3O2S2/c1-21(18,19)11-6-4-10(5-7-11)20-13-8-12(15)16-14(17-13)9-2-3-9/h4-9H,2-3H2,1H3,(H2,15,16,17). The molecule has 0 spiro atoms. The molecule has 0 unspecified atom stereocenters. The molecule has 0 bridgehead atoms. The molecule has 0 atom stereocenters. The van der Waals surface area contributed by atoms with Crippen molar-refractivity contribution in [2.24, 2.45) is 0 Å². The van der Waals surface area contributed by atoms with Gasteiger partial charge in [0.25, 0.3) is 0 Å². The van der Waals surface area contributed by atoms with E-state index in [0.29, 0.717) is 16.6 Å². The van der Waals surface area contributed by atoms with Crippen LogP contribution in [0.2, 0.25) is 0 Å². The van der Waals surface area contributed by atoms with Crippen LogP contribution in [0.1, 0.15) is 24.6 Å². The minimum Gasteiger partial charge on any atom is -0.384 e. The van der Waals surface area contributed by atoms with E-state index < -0.39 is 9.84 Å². The normalized spacial score (nSPS) is 15.1. The molecule has 110 valence electrons. The van der Waals surface area contributed by atoms with Crippen LogP contribution >= 0.6 is 11.8 Å². The quantitative estimate of drug-likeness (QED) is 0.871. The number of sulfone groups is 1. The fraction of sp³-hybridized carbons (Fsp3) is 0.286. The molecule has 2 aromatic rings. The van der Waals surface area contributed by atoms with Gasteiger partial charge in [0.05, 0.1) is 4.90 Å². The molecule has 0 saturated heterocycles. The van der Waals surface area contributed by atoms with Crippen molar-refractivity contribution in [2.45, 2.75) is 33.6 Å². The highest BCUT2D eigenvalue weighted by Crippen LogP contribution is 2.39. The Morgan fingerprint density at radius 3 is 2.43 bits per heavy atom. The zero-order chi connectivity index (χ0) is 15.0. The first-order valence-corrected chi connectivity index (χ1v) is 9.25. The van der Waals surface area contributed by atoms with Gasteiger partial charge in [0.2, 0.25) is 0 Å². The Labute approximate surface area is 127 Å². The first-order valence-electron chi connectivity index (χ1n) is 6.54. The fourth-order valence-electron chi connectivity index (χ4n) is 1.91. The summed E-state index contributed by atoms with van der Waals surface area (Å²) < 4.78 is 22.9. The number of hydrogen-bond acceptors (Lipinski definition) is 6. The van der Waals surface area contributed by atoms with Gasteiger partial charge in [-0.1, -0.05) is 11.8 Å². The lowest BCUT2D eigenvalue weighted by atomic mass is 10.4. The SMILES string of the molecule is CS(=O)(=O)c1ccc(Sc2cc(N)nc(C3CC3)n2)cc1. The summed E-state index contributed by atoms with van der Waals surface area (Å²) in [6.45, 7) is 0. The third-order valence-electron chi connectivity index (χ3n) is 3.16. The van der Waals surface area contributed by atoms with Gasteiger partial charge >= 0.3 is 0 Å². The van der Waals surface area contributed by atoms with E-state index >= 15 is 0 Å². The molecule has 1 saturated carbocycles. The Balaban J connectivity index is 1.83. The highest BCUT2D eigenvalue weighted by molar-refractivity contribution is 7.99. The number of benzene rings is 1. The Morgan fingerprint density at radius 2 is 1.86 bits per heavy atom. The van der Waals surface area contributed by atoms with Crippen molar-refractivity contribution in [1.29, 1.82) is 0 Å². The molecular formula is C14H15N3O2S2. The molecule has 5 nitrogen and oxygen atoms in total. The monoisotopic (exact) mass is 321 g/mol. The Kier molecular flexibility index (Phi) is 3.62. The van der Waals surface area contributed by atoms with Crippen molar-refractivity contribution in [3.05, 3.63) is 36.2 Å². The lowest BCUT2D eigenvalue weighted by Gasteiger charge is -2.05. The minimum atomic E-state index is -3.16. The van der Waals surface area contributed by atoms with Crippen molar-refractivity contribution in [2.75, 3.05) is 12.0 Å². The van der Waals surface area contributed by atoms with E-state index in [1.807, 2.05) is 0 Å². The van der Waals surface area contributed by atoms with Gasteiger partial charge in [-0.25, -0.2) is 18.4 Å². The molecule has 1 aromatic carbocycles. The van der Waals surface area contributed by atoms with Crippen molar-refractivity contribution in [3.63, 3.8) is 0 Å². The summed E-state index contributed by atoms with van der Waals surface area (Å²) >= 11 is 1.45. The van der Waals surface area contributed by atoms with Gasteiger partial charge in [-0.3, -0.25) is 0 Å². The largest absolute Gasteiger partial charge is 0.384 e. The molecule has 0 radical (unpaired) electrons. The molecule has 0 aliphatic heterocycles. The lowest BCUT2D eigenvalue weighted by molar-refractivity contribution is 0.602.